The van der Waals surface area contributed by atoms with Crippen LogP contribution in [0.4, 0.5) is 56.9 Å². The molecule has 7 N–H and O–H groups in total. The van der Waals surface area contributed by atoms with Gasteiger partial charge in [-0.15, -0.1) is 10.2 Å². The number of rotatable bonds is 14. The number of fused-ring (bicyclic) bond motifs is 2. The van der Waals surface area contributed by atoms with Crippen molar-refractivity contribution in [1.29, 1.82) is 0 Å². The van der Waals surface area contributed by atoms with Crippen LogP contribution in [0.2, 0.25) is 0 Å². The molecule has 14 nitrogen and oxygen atoms in total. The lowest BCUT2D eigenvalue weighted by molar-refractivity contribution is -0.117. The van der Waals surface area contributed by atoms with Crippen LogP contribution < -0.4 is 26.6 Å². The molecule has 0 unspecified atom stereocenters. The first-order valence-corrected chi connectivity index (χ1v) is 26.9. The van der Waals surface area contributed by atoms with Crippen molar-refractivity contribution in [2.75, 3.05) is 32.4 Å². The van der Waals surface area contributed by atoms with Gasteiger partial charge in [-0.05, 0) is 128 Å². The van der Waals surface area contributed by atoms with Crippen LogP contribution in [0.3, 0.4) is 0 Å². The highest BCUT2D eigenvalue weighted by molar-refractivity contribution is 9.10. The van der Waals surface area contributed by atoms with E-state index in [1.807, 2.05) is 151 Å². The highest BCUT2D eigenvalue weighted by Crippen LogP contribution is 2.41. The molecular formula is C59H65Br2N9O5. The summed E-state index contributed by atoms with van der Waals surface area (Å²) in [7, 11) is 0. The summed E-state index contributed by atoms with van der Waals surface area (Å²) in [4.78, 5) is 37.6. The van der Waals surface area contributed by atoms with Gasteiger partial charge in [-0.2, -0.15) is 10.2 Å². The standard InChI is InChI=1S/C52H44BrN9O5.3C2H6.CH3Br/c1-31(63)55-40-13-8-12-39(28-40)54-30-34-26-32-10-4-6-16-43(32)46(48(34)64)61-59-37-22-18-35(19-23-37)56-36-20-24-38(25-21-36)60-62-47-44-17-7-5-11-33(44)27-45(49(47)65)50(66)57-41-14-9-15-42(29-41)58-51(67)52(2,3)53;4*1-2/h4-29,54,56,64-65H,30H2,1-3H3,(H,55,63)(H,57,66)(H,58,67);3*1-2H3;1H3. The van der Waals surface area contributed by atoms with Crippen molar-refractivity contribution < 1.29 is 24.6 Å². The lowest BCUT2D eigenvalue weighted by Gasteiger charge is -2.16. The molecule has 0 atom stereocenters. The van der Waals surface area contributed by atoms with Crippen LogP contribution in [-0.4, -0.2) is 38.1 Å². The number of hydrogen-bond acceptors (Lipinski definition) is 11. The molecule has 0 heterocycles. The van der Waals surface area contributed by atoms with Gasteiger partial charge in [0, 0.05) is 63.9 Å². The lowest BCUT2D eigenvalue weighted by Crippen LogP contribution is -2.30. The molecule has 3 amide bonds. The van der Waals surface area contributed by atoms with Gasteiger partial charge in [-0.25, -0.2) is 0 Å². The first-order chi connectivity index (χ1) is 36.3. The summed E-state index contributed by atoms with van der Waals surface area (Å²) in [5.41, 5.74) is 6.15. The Labute approximate surface area is 456 Å². The van der Waals surface area contributed by atoms with Gasteiger partial charge in [0.05, 0.1) is 21.3 Å². The SMILES string of the molecule is CBr.CC.CC.CC.CC(=O)Nc1cccc(NCc2cc3ccccc3c(N=Nc3ccc(Nc4ccc(N=Nc5c(O)c(C(=O)Nc6cccc(NC(=O)C(C)(C)Br)c6)cc6ccccc56)cc4)cc3)c2O)c1. The summed E-state index contributed by atoms with van der Waals surface area (Å²) in [5.74, 6) is 0.516. The predicted molar refractivity (Wildman–Crippen MR) is 319 cm³/mol. The maximum Gasteiger partial charge on any atom is 0.259 e. The Balaban J connectivity index is 0.00000145. The quantitative estimate of drug-likeness (QED) is 0.0415. The number of aromatic hydroxyl groups is 2. The summed E-state index contributed by atoms with van der Waals surface area (Å²) >= 11 is 6.29. The van der Waals surface area contributed by atoms with E-state index in [2.05, 4.69) is 78.9 Å². The number of hydrogen-bond donors (Lipinski definition) is 7. The molecule has 0 saturated heterocycles. The number of carbonyl (C=O) groups excluding carboxylic acids is 3. The monoisotopic (exact) mass is 1140 g/mol. The zero-order chi connectivity index (χ0) is 55.1. The van der Waals surface area contributed by atoms with Crippen LogP contribution in [-0.2, 0) is 16.1 Å². The van der Waals surface area contributed by atoms with Crippen molar-refractivity contribution in [3.63, 3.8) is 0 Å². The zero-order valence-electron chi connectivity index (χ0n) is 43.9. The molecule has 390 valence electrons. The highest BCUT2D eigenvalue weighted by atomic mass is 79.9. The molecule has 0 spiro atoms. The molecule has 0 aliphatic carbocycles. The minimum absolute atomic E-state index is 0.00411. The van der Waals surface area contributed by atoms with Crippen LogP contribution in [0.5, 0.6) is 11.5 Å². The Kier molecular flexibility index (Phi) is 23.6. The third-order valence-electron chi connectivity index (χ3n) is 10.5. The number of benzene rings is 8. The summed E-state index contributed by atoms with van der Waals surface area (Å²) in [6.07, 6.45) is 0. The fourth-order valence-corrected chi connectivity index (χ4v) is 7.17. The summed E-state index contributed by atoms with van der Waals surface area (Å²) < 4.78 is -0.787. The maximum atomic E-state index is 13.6. The number of phenolic OH excluding ortho intramolecular Hbond substituents is 2. The Hall–Kier alpha value is -7.95. The van der Waals surface area contributed by atoms with Gasteiger partial charge >= 0.3 is 0 Å². The second-order valence-electron chi connectivity index (χ2n) is 16.0. The lowest BCUT2D eigenvalue weighted by atomic mass is 10.0. The predicted octanol–water partition coefficient (Wildman–Crippen LogP) is 18.0. The van der Waals surface area contributed by atoms with Crippen molar-refractivity contribution in [1.82, 2.24) is 0 Å². The molecule has 8 aromatic rings. The number of nitrogens with zero attached hydrogens (tertiary/aromatic N) is 4. The molecular weight excluding hydrogens is 1070 g/mol. The van der Waals surface area contributed by atoms with Crippen molar-refractivity contribution in [3.8, 4) is 11.5 Å². The Morgan fingerprint density at radius 2 is 0.947 bits per heavy atom. The molecule has 0 saturated carbocycles. The van der Waals surface area contributed by atoms with Gasteiger partial charge in [0.15, 0.2) is 5.75 Å². The van der Waals surface area contributed by atoms with E-state index in [1.165, 1.54) is 6.92 Å². The van der Waals surface area contributed by atoms with E-state index in [0.29, 0.717) is 57.0 Å². The van der Waals surface area contributed by atoms with E-state index in [4.69, 9.17) is 0 Å². The molecule has 16 heteroatoms. The average Bonchev–Trinajstić information content (AvgIpc) is 3.42. The van der Waals surface area contributed by atoms with Gasteiger partial charge in [0.1, 0.15) is 17.1 Å². The maximum absolute atomic E-state index is 13.6. The average molecular weight is 1140 g/mol. The third kappa shape index (κ3) is 16.8. The van der Waals surface area contributed by atoms with E-state index < -0.39 is 10.2 Å². The highest BCUT2D eigenvalue weighted by Gasteiger charge is 2.24. The number of azo groups is 2. The van der Waals surface area contributed by atoms with Crippen LogP contribution in [0.15, 0.2) is 178 Å². The number of nitrogens with one attached hydrogen (secondary N) is 5. The Morgan fingerprint density at radius 1 is 0.507 bits per heavy atom. The Morgan fingerprint density at radius 3 is 1.45 bits per heavy atom. The molecule has 8 rings (SSSR count). The van der Waals surface area contributed by atoms with Crippen molar-refractivity contribution in [2.45, 2.75) is 73.2 Å². The number of phenols is 2. The fraction of sp³-hybridized carbons (Fsp3) is 0.203. The van der Waals surface area contributed by atoms with Gasteiger partial charge in [-0.1, -0.05) is 134 Å². The van der Waals surface area contributed by atoms with Crippen LogP contribution >= 0.6 is 31.9 Å². The molecule has 0 bridgehead atoms. The molecule has 0 fully saturated rings. The van der Waals surface area contributed by atoms with E-state index >= 15 is 0 Å². The topological polar surface area (TPSA) is 201 Å². The van der Waals surface area contributed by atoms with E-state index in [0.717, 1.165) is 27.8 Å². The minimum Gasteiger partial charge on any atom is -0.505 e. The van der Waals surface area contributed by atoms with E-state index in [1.54, 1.807) is 68.4 Å². The molecule has 0 aromatic heterocycles. The third-order valence-corrected chi connectivity index (χ3v) is 10.8. The number of carbonyl (C=O) groups is 3. The van der Waals surface area contributed by atoms with Crippen LogP contribution in [0.25, 0.3) is 21.5 Å². The van der Waals surface area contributed by atoms with Gasteiger partial charge in [0.2, 0.25) is 11.8 Å². The van der Waals surface area contributed by atoms with E-state index in [9.17, 15) is 24.6 Å². The first-order valence-electron chi connectivity index (χ1n) is 24.5. The number of amides is 3. The second-order valence-corrected chi connectivity index (χ2v) is 18.0. The smallest absolute Gasteiger partial charge is 0.259 e. The van der Waals surface area contributed by atoms with E-state index in [-0.39, 0.29) is 34.6 Å². The van der Waals surface area contributed by atoms with Crippen molar-refractivity contribution in [3.05, 3.63) is 169 Å². The second kappa shape index (κ2) is 29.7. The summed E-state index contributed by atoms with van der Waals surface area (Å²) in [6.45, 7) is 17.2. The van der Waals surface area contributed by atoms with Crippen molar-refractivity contribution in [2.24, 2.45) is 20.5 Å². The Bertz CT molecular complexity index is 3230. The fourth-order valence-electron chi connectivity index (χ4n) is 7.07. The molecule has 0 aliphatic rings. The zero-order valence-corrected chi connectivity index (χ0v) is 47.1. The van der Waals surface area contributed by atoms with Crippen molar-refractivity contribution >= 4 is 128 Å². The van der Waals surface area contributed by atoms with Gasteiger partial charge in [-0.3, -0.25) is 14.4 Å². The normalized spacial score (nSPS) is 10.6. The number of anilines is 6. The van der Waals surface area contributed by atoms with Crippen LogP contribution in [0.1, 0.15) is 78.2 Å². The number of alkyl halides is 2. The van der Waals surface area contributed by atoms with Crippen LogP contribution in [0, 0.1) is 0 Å². The minimum atomic E-state index is -0.787. The van der Waals surface area contributed by atoms with Gasteiger partial charge < -0.3 is 36.8 Å². The summed E-state index contributed by atoms with van der Waals surface area (Å²) in [6, 6.07) is 47.1. The first kappa shape index (κ1) is 59.6. The van der Waals surface area contributed by atoms with Gasteiger partial charge in [0.25, 0.3) is 5.91 Å². The largest absolute Gasteiger partial charge is 0.505 e. The molecule has 8 aromatic carbocycles. The number of halogens is 2. The summed E-state index contributed by atoms with van der Waals surface area (Å²) in [5, 5.41) is 58.7. The molecule has 0 aliphatic heterocycles. The molecule has 75 heavy (non-hydrogen) atoms. The molecule has 0 radical (unpaired) electrons.